The van der Waals surface area contributed by atoms with Crippen LogP contribution in [-0.2, 0) is 14.8 Å². The lowest BCUT2D eigenvalue weighted by molar-refractivity contribution is -0.125. The highest BCUT2D eigenvalue weighted by Gasteiger charge is 2.37. The van der Waals surface area contributed by atoms with Crippen LogP contribution in [0, 0.1) is 5.82 Å². The molecule has 0 bridgehead atoms. The van der Waals surface area contributed by atoms with Gasteiger partial charge in [-0.3, -0.25) is 9.59 Å². The van der Waals surface area contributed by atoms with Gasteiger partial charge in [-0.15, -0.1) is 0 Å². The van der Waals surface area contributed by atoms with Crippen LogP contribution in [0.4, 0.5) is 4.39 Å². The van der Waals surface area contributed by atoms with Crippen molar-refractivity contribution in [3.05, 3.63) is 66.0 Å². The first-order valence-electron chi connectivity index (χ1n) is 9.78. The van der Waals surface area contributed by atoms with E-state index in [1.807, 2.05) is 0 Å². The zero-order valence-corrected chi connectivity index (χ0v) is 17.2. The van der Waals surface area contributed by atoms with E-state index in [9.17, 15) is 22.4 Å². The van der Waals surface area contributed by atoms with E-state index in [0.29, 0.717) is 12.8 Å². The summed E-state index contributed by atoms with van der Waals surface area (Å²) in [6.07, 6.45) is 1.87. The van der Waals surface area contributed by atoms with Gasteiger partial charge in [-0.05, 0) is 37.1 Å². The molecule has 2 aromatic carbocycles. The predicted octanol–water partition coefficient (Wildman–Crippen LogP) is 1.92. The smallest absolute Gasteiger partial charge is 0.254 e. The average Bonchev–Trinajstić information content (AvgIpc) is 2.77. The Morgan fingerprint density at radius 1 is 0.967 bits per heavy atom. The summed E-state index contributed by atoms with van der Waals surface area (Å²) >= 11 is 0. The molecular formula is C21H24FN3O4S. The molecule has 0 radical (unpaired) electrons. The van der Waals surface area contributed by atoms with Gasteiger partial charge in [0.05, 0.1) is 10.5 Å². The molecule has 0 aromatic heterocycles. The maximum absolute atomic E-state index is 13.6. The van der Waals surface area contributed by atoms with E-state index in [4.69, 9.17) is 0 Å². The number of hydrogen-bond donors (Lipinski definition) is 2. The Kier molecular flexibility index (Phi) is 7.17. The van der Waals surface area contributed by atoms with Crippen molar-refractivity contribution < 1.29 is 22.4 Å². The summed E-state index contributed by atoms with van der Waals surface area (Å²) < 4.78 is 40.8. The van der Waals surface area contributed by atoms with Crippen LogP contribution in [0.2, 0.25) is 0 Å². The van der Waals surface area contributed by atoms with Gasteiger partial charge in [-0.2, -0.15) is 4.31 Å². The summed E-state index contributed by atoms with van der Waals surface area (Å²) in [6, 6.07) is 12.9. The number of carbonyl (C=O) groups excluding carboxylic acids is 2. The van der Waals surface area contributed by atoms with E-state index in [1.54, 1.807) is 24.3 Å². The molecule has 2 aromatic rings. The topological polar surface area (TPSA) is 95.6 Å². The van der Waals surface area contributed by atoms with Crippen molar-refractivity contribution in [1.82, 2.24) is 14.9 Å². The monoisotopic (exact) mass is 433 g/mol. The number of halogens is 1. The first-order chi connectivity index (χ1) is 14.4. The van der Waals surface area contributed by atoms with Gasteiger partial charge in [0.15, 0.2) is 0 Å². The van der Waals surface area contributed by atoms with Gasteiger partial charge in [0.2, 0.25) is 15.9 Å². The van der Waals surface area contributed by atoms with Crippen molar-refractivity contribution in [1.29, 1.82) is 0 Å². The summed E-state index contributed by atoms with van der Waals surface area (Å²) in [4.78, 5) is 24.8. The van der Waals surface area contributed by atoms with Gasteiger partial charge in [-0.25, -0.2) is 12.8 Å². The van der Waals surface area contributed by atoms with E-state index in [1.165, 1.54) is 34.6 Å². The molecule has 0 aliphatic carbocycles. The molecule has 0 saturated carbocycles. The molecule has 30 heavy (non-hydrogen) atoms. The fourth-order valence-electron chi connectivity index (χ4n) is 3.40. The van der Waals surface area contributed by atoms with Gasteiger partial charge >= 0.3 is 0 Å². The number of amides is 2. The van der Waals surface area contributed by atoms with Crippen molar-refractivity contribution in [2.45, 2.75) is 30.2 Å². The van der Waals surface area contributed by atoms with Crippen LogP contribution in [-0.4, -0.2) is 50.2 Å². The summed E-state index contributed by atoms with van der Waals surface area (Å²) in [7, 11) is -3.78. The lowest BCUT2D eigenvalue weighted by Gasteiger charge is -2.33. The minimum atomic E-state index is -3.78. The van der Waals surface area contributed by atoms with Gasteiger partial charge in [0.1, 0.15) is 11.9 Å². The van der Waals surface area contributed by atoms with Gasteiger partial charge in [0, 0.05) is 19.6 Å². The molecule has 160 valence electrons. The number of nitrogens with zero attached hydrogens (tertiary/aromatic N) is 1. The molecule has 0 spiro atoms. The molecule has 1 fully saturated rings. The second-order valence-electron chi connectivity index (χ2n) is 6.97. The van der Waals surface area contributed by atoms with Crippen LogP contribution < -0.4 is 10.6 Å². The number of hydrogen-bond acceptors (Lipinski definition) is 4. The van der Waals surface area contributed by atoms with Crippen LogP contribution in [0.25, 0.3) is 0 Å². The zero-order valence-electron chi connectivity index (χ0n) is 16.4. The largest absolute Gasteiger partial charge is 0.353 e. The van der Waals surface area contributed by atoms with E-state index in [-0.39, 0.29) is 30.1 Å². The third-order valence-corrected chi connectivity index (χ3v) is 6.86. The van der Waals surface area contributed by atoms with Crippen LogP contribution in [0.5, 0.6) is 0 Å². The molecule has 3 rings (SSSR count). The fraction of sp³-hybridized carbons (Fsp3) is 0.333. The highest BCUT2D eigenvalue weighted by Crippen LogP contribution is 2.25. The molecule has 1 saturated heterocycles. The lowest BCUT2D eigenvalue weighted by atomic mass is 10.0. The van der Waals surface area contributed by atoms with Crippen molar-refractivity contribution in [3.8, 4) is 0 Å². The van der Waals surface area contributed by atoms with Crippen LogP contribution in [0.3, 0.4) is 0 Å². The van der Waals surface area contributed by atoms with Crippen molar-refractivity contribution in [2.75, 3.05) is 19.6 Å². The lowest BCUT2D eigenvalue weighted by Crippen LogP contribution is -2.52. The Morgan fingerprint density at radius 3 is 2.37 bits per heavy atom. The quantitative estimate of drug-likeness (QED) is 0.652. The highest BCUT2D eigenvalue weighted by molar-refractivity contribution is 7.89. The number of rotatable bonds is 7. The zero-order chi connectivity index (χ0) is 21.6. The maximum Gasteiger partial charge on any atom is 0.254 e. The normalized spacial score (nSPS) is 17.3. The third-order valence-electron chi connectivity index (χ3n) is 4.93. The van der Waals surface area contributed by atoms with E-state index >= 15 is 0 Å². The number of benzene rings is 2. The molecule has 1 atom stereocenters. The first-order valence-corrected chi connectivity index (χ1v) is 11.2. The summed E-state index contributed by atoms with van der Waals surface area (Å²) in [5, 5.41) is 5.21. The molecule has 1 aliphatic heterocycles. The van der Waals surface area contributed by atoms with Gasteiger partial charge < -0.3 is 10.6 Å². The van der Waals surface area contributed by atoms with Crippen LogP contribution in [0.15, 0.2) is 59.5 Å². The average molecular weight is 434 g/mol. The van der Waals surface area contributed by atoms with Gasteiger partial charge in [-0.1, -0.05) is 36.8 Å². The second-order valence-corrected chi connectivity index (χ2v) is 8.86. The van der Waals surface area contributed by atoms with Crippen LogP contribution >= 0.6 is 0 Å². The third kappa shape index (κ3) is 5.03. The SMILES string of the molecule is O=C(NCCNC(=O)C1CCCCN1S(=O)(=O)c1ccccc1)c1ccccc1F. The Labute approximate surface area is 175 Å². The first kappa shape index (κ1) is 21.9. The predicted molar refractivity (Wildman–Crippen MR) is 110 cm³/mol. The van der Waals surface area contributed by atoms with E-state index < -0.39 is 33.7 Å². The molecule has 1 unspecified atom stereocenters. The highest BCUT2D eigenvalue weighted by atomic mass is 32.2. The second kappa shape index (κ2) is 9.82. The summed E-state index contributed by atoms with van der Waals surface area (Å²) in [6.45, 7) is 0.477. The van der Waals surface area contributed by atoms with Crippen molar-refractivity contribution >= 4 is 21.8 Å². The standard InChI is InChI=1S/C21H24FN3O4S/c22-18-11-5-4-10-17(18)20(26)23-13-14-24-21(27)19-12-6-7-15-25(19)30(28,29)16-8-2-1-3-9-16/h1-5,8-11,19H,6-7,12-15H2,(H,23,26)(H,24,27). The van der Waals surface area contributed by atoms with E-state index in [0.717, 1.165) is 6.42 Å². The molecule has 2 N–H and O–H groups in total. The fourth-order valence-corrected chi connectivity index (χ4v) is 5.08. The molecular weight excluding hydrogens is 409 g/mol. The van der Waals surface area contributed by atoms with Crippen LogP contribution in [0.1, 0.15) is 29.6 Å². The molecule has 9 heteroatoms. The van der Waals surface area contributed by atoms with Crippen molar-refractivity contribution in [3.63, 3.8) is 0 Å². The number of sulfonamides is 1. The molecule has 7 nitrogen and oxygen atoms in total. The molecule has 1 aliphatic rings. The van der Waals surface area contributed by atoms with E-state index in [2.05, 4.69) is 10.6 Å². The molecule has 2 amide bonds. The summed E-state index contributed by atoms with van der Waals surface area (Å²) in [5.74, 6) is -1.61. The Morgan fingerprint density at radius 2 is 1.63 bits per heavy atom. The number of carbonyl (C=O) groups is 2. The van der Waals surface area contributed by atoms with Crippen molar-refractivity contribution in [2.24, 2.45) is 0 Å². The summed E-state index contributed by atoms with van der Waals surface area (Å²) in [5.41, 5.74) is -0.0729. The minimum Gasteiger partial charge on any atom is -0.353 e. The Hall–Kier alpha value is -2.78. The number of piperidine rings is 1. The molecule has 1 heterocycles. The Bertz CT molecular complexity index is 998. The minimum absolute atomic E-state index is 0.0729. The van der Waals surface area contributed by atoms with Gasteiger partial charge in [0.25, 0.3) is 5.91 Å². The Balaban J connectivity index is 1.57. The number of nitrogens with one attached hydrogen (secondary N) is 2. The maximum atomic E-state index is 13.6.